The lowest BCUT2D eigenvalue weighted by molar-refractivity contribution is -0.138. The number of carboxylic acid groups (broad SMARTS) is 1. The van der Waals surface area contributed by atoms with Gasteiger partial charge in [-0.15, -0.1) is 0 Å². The van der Waals surface area contributed by atoms with Gasteiger partial charge in [-0.05, 0) is 19.1 Å². The summed E-state index contributed by atoms with van der Waals surface area (Å²) in [5.41, 5.74) is -0.150. The first kappa shape index (κ1) is 11.1. The second kappa shape index (κ2) is 4.50. The number of carboxylic acids is 1. The number of carbonyl (C=O) groups excluding carboxylic acids is 1. The smallest absolute Gasteiger partial charge is 0.325 e. The highest BCUT2D eigenvalue weighted by atomic mass is 19.1. The highest BCUT2D eigenvalue weighted by Gasteiger charge is 2.16. The maximum Gasteiger partial charge on any atom is 0.325 e. The van der Waals surface area contributed by atoms with Crippen molar-refractivity contribution in [3.63, 3.8) is 0 Å². The van der Waals surface area contributed by atoms with E-state index in [4.69, 9.17) is 5.11 Å². The number of hydrogen-bond acceptors (Lipinski definition) is 3. The van der Waals surface area contributed by atoms with Crippen LogP contribution in [0.25, 0.3) is 0 Å². The first-order chi connectivity index (χ1) is 7.00. The molecule has 1 heterocycles. The minimum atomic E-state index is -1.17. The number of halogens is 1. The second-order valence-electron chi connectivity index (χ2n) is 2.88. The van der Waals surface area contributed by atoms with Crippen LogP contribution in [0, 0.1) is 5.95 Å². The largest absolute Gasteiger partial charge is 0.480 e. The van der Waals surface area contributed by atoms with Gasteiger partial charge in [-0.25, -0.2) is 4.98 Å². The first-order valence-electron chi connectivity index (χ1n) is 4.17. The molecule has 0 saturated carbocycles. The number of aliphatic carboxylic acids is 1. The van der Waals surface area contributed by atoms with E-state index in [0.29, 0.717) is 0 Å². The number of rotatable bonds is 3. The highest BCUT2D eigenvalue weighted by molar-refractivity contribution is 5.94. The molecule has 1 amide bonds. The summed E-state index contributed by atoms with van der Waals surface area (Å²) < 4.78 is 12.6. The van der Waals surface area contributed by atoms with E-state index in [9.17, 15) is 14.0 Å². The molecule has 1 aromatic rings. The molecule has 2 N–H and O–H groups in total. The number of nitrogens with zero attached hydrogens (tertiary/aromatic N) is 1. The average Bonchev–Trinajstić information content (AvgIpc) is 2.17. The fourth-order valence-electron chi connectivity index (χ4n) is 0.867. The zero-order valence-corrected chi connectivity index (χ0v) is 7.90. The molecule has 0 aliphatic rings. The van der Waals surface area contributed by atoms with E-state index in [0.717, 1.165) is 6.07 Å². The van der Waals surface area contributed by atoms with Crippen molar-refractivity contribution in [1.82, 2.24) is 10.3 Å². The highest BCUT2D eigenvalue weighted by Crippen LogP contribution is 1.98. The molecule has 15 heavy (non-hydrogen) atoms. The molecule has 5 nitrogen and oxygen atoms in total. The number of amides is 1. The Hall–Kier alpha value is -1.98. The van der Waals surface area contributed by atoms with Crippen LogP contribution in [0.4, 0.5) is 4.39 Å². The molecule has 0 aliphatic carbocycles. The number of nitrogens with one attached hydrogen (secondary N) is 1. The van der Waals surface area contributed by atoms with Crippen LogP contribution < -0.4 is 5.32 Å². The Morgan fingerprint density at radius 2 is 2.20 bits per heavy atom. The number of carbonyl (C=O) groups is 2. The predicted octanol–water partition coefficient (Wildman–Crippen LogP) is 0.424. The van der Waals surface area contributed by atoms with Gasteiger partial charge in [0.1, 0.15) is 11.7 Å². The van der Waals surface area contributed by atoms with Crippen molar-refractivity contribution in [3.8, 4) is 0 Å². The SMILES string of the molecule is C[C@H](NC(=O)c1cccc(F)n1)C(=O)O. The van der Waals surface area contributed by atoms with Crippen molar-refractivity contribution in [1.29, 1.82) is 0 Å². The third-order valence-corrected chi connectivity index (χ3v) is 1.67. The Labute approximate surface area is 84.9 Å². The van der Waals surface area contributed by atoms with Gasteiger partial charge in [0.15, 0.2) is 0 Å². The van der Waals surface area contributed by atoms with E-state index in [2.05, 4.69) is 10.3 Å². The van der Waals surface area contributed by atoms with E-state index >= 15 is 0 Å². The number of aromatic nitrogens is 1. The second-order valence-corrected chi connectivity index (χ2v) is 2.88. The molecule has 80 valence electrons. The monoisotopic (exact) mass is 212 g/mol. The molecular weight excluding hydrogens is 203 g/mol. The minimum Gasteiger partial charge on any atom is -0.480 e. The summed E-state index contributed by atoms with van der Waals surface area (Å²) in [6.07, 6.45) is 0. The molecule has 0 radical (unpaired) electrons. The molecule has 1 aromatic heterocycles. The maximum absolute atomic E-state index is 12.6. The Morgan fingerprint density at radius 3 is 2.73 bits per heavy atom. The Morgan fingerprint density at radius 1 is 1.53 bits per heavy atom. The molecular formula is C9H9FN2O3. The third-order valence-electron chi connectivity index (χ3n) is 1.67. The van der Waals surface area contributed by atoms with Crippen LogP contribution in [0.3, 0.4) is 0 Å². The topological polar surface area (TPSA) is 79.3 Å². The predicted molar refractivity (Wildman–Crippen MR) is 48.8 cm³/mol. The zero-order chi connectivity index (χ0) is 11.4. The zero-order valence-electron chi connectivity index (χ0n) is 7.90. The van der Waals surface area contributed by atoms with Crippen molar-refractivity contribution >= 4 is 11.9 Å². The van der Waals surface area contributed by atoms with Crippen molar-refractivity contribution in [2.45, 2.75) is 13.0 Å². The van der Waals surface area contributed by atoms with E-state index in [-0.39, 0.29) is 5.69 Å². The van der Waals surface area contributed by atoms with Crippen LogP contribution in [0.15, 0.2) is 18.2 Å². The van der Waals surface area contributed by atoms with Crippen molar-refractivity contribution < 1.29 is 19.1 Å². The quantitative estimate of drug-likeness (QED) is 0.712. The van der Waals surface area contributed by atoms with Crippen LogP contribution in [-0.4, -0.2) is 28.0 Å². The summed E-state index contributed by atoms with van der Waals surface area (Å²) in [4.78, 5) is 25.0. The standard InChI is InChI=1S/C9H9FN2O3/c1-5(9(14)15)11-8(13)6-3-2-4-7(10)12-6/h2-5H,1H3,(H,11,13)(H,14,15)/t5-/m0/s1. The van der Waals surface area contributed by atoms with Gasteiger partial charge in [-0.2, -0.15) is 4.39 Å². The molecule has 0 bridgehead atoms. The molecule has 0 aliphatic heterocycles. The summed E-state index contributed by atoms with van der Waals surface area (Å²) in [5, 5.41) is 10.7. The van der Waals surface area contributed by atoms with Gasteiger partial charge in [0.25, 0.3) is 5.91 Å². The van der Waals surface area contributed by atoms with Crippen molar-refractivity contribution in [2.24, 2.45) is 0 Å². The van der Waals surface area contributed by atoms with E-state index < -0.39 is 23.9 Å². The average molecular weight is 212 g/mol. The fourth-order valence-corrected chi connectivity index (χ4v) is 0.867. The van der Waals surface area contributed by atoms with Crippen LogP contribution in [-0.2, 0) is 4.79 Å². The Bertz CT molecular complexity index is 395. The van der Waals surface area contributed by atoms with E-state index in [1.165, 1.54) is 19.1 Å². The molecule has 1 rings (SSSR count). The molecule has 6 heteroatoms. The molecule has 0 spiro atoms. The molecule has 0 fully saturated rings. The third kappa shape index (κ3) is 3.01. The van der Waals surface area contributed by atoms with Gasteiger partial charge in [0.05, 0.1) is 0 Å². The summed E-state index contributed by atoms with van der Waals surface area (Å²) in [7, 11) is 0. The normalized spacial score (nSPS) is 11.9. The lowest BCUT2D eigenvalue weighted by atomic mass is 10.3. The Balaban J connectivity index is 2.73. The number of hydrogen-bond donors (Lipinski definition) is 2. The molecule has 1 atom stereocenters. The van der Waals surface area contributed by atoms with Gasteiger partial charge < -0.3 is 10.4 Å². The summed E-state index contributed by atoms with van der Waals surface area (Å²) in [5.74, 6) is -2.67. The lowest BCUT2D eigenvalue weighted by Crippen LogP contribution is -2.38. The summed E-state index contributed by atoms with van der Waals surface area (Å²) in [6.45, 7) is 1.31. The Kier molecular flexibility index (Phi) is 3.33. The van der Waals surface area contributed by atoms with Gasteiger partial charge in [0.2, 0.25) is 5.95 Å². The summed E-state index contributed by atoms with van der Waals surface area (Å²) >= 11 is 0. The van der Waals surface area contributed by atoms with Crippen LogP contribution in [0.1, 0.15) is 17.4 Å². The molecule has 0 unspecified atom stereocenters. The van der Waals surface area contributed by atoms with Crippen LogP contribution in [0.2, 0.25) is 0 Å². The van der Waals surface area contributed by atoms with Gasteiger partial charge in [-0.3, -0.25) is 9.59 Å². The number of pyridine rings is 1. The van der Waals surface area contributed by atoms with Crippen molar-refractivity contribution in [2.75, 3.05) is 0 Å². The van der Waals surface area contributed by atoms with E-state index in [1.807, 2.05) is 0 Å². The molecule has 0 aromatic carbocycles. The van der Waals surface area contributed by atoms with Crippen molar-refractivity contribution in [3.05, 3.63) is 29.8 Å². The van der Waals surface area contributed by atoms with Gasteiger partial charge >= 0.3 is 5.97 Å². The van der Waals surface area contributed by atoms with Gasteiger partial charge in [-0.1, -0.05) is 6.07 Å². The molecule has 0 saturated heterocycles. The van der Waals surface area contributed by atoms with Crippen LogP contribution in [0.5, 0.6) is 0 Å². The maximum atomic E-state index is 12.6. The first-order valence-corrected chi connectivity index (χ1v) is 4.17. The fraction of sp³-hybridized carbons (Fsp3) is 0.222. The van der Waals surface area contributed by atoms with Crippen LogP contribution >= 0.6 is 0 Å². The van der Waals surface area contributed by atoms with Gasteiger partial charge in [0, 0.05) is 0 Å². The van der Waals surface area contributed by atoms with E-state index in [1.54, 1.807) is 0 Å². The summed E-state index contributed by atoms with van der Waals surface area (Å²) in [6, 6.07) is 2.68. The lowest BCUT2D eigenvalue weighted by Gasteiger charge is -2.08. The minimum absolute atomic E-state index is 0.150.